The number of anilines is 1. The quantitative estimate of drug-likeness (QED) is 0.848. The highest BCUT2D eigenvalue weighted by Crippen LogP contribution is 2.17. The van der Waals surface area contributed by atoms with E-state index < -0.39 is 0 Å². The Kier molecular flexibility index (Phi) is 4.82. The lowest BCUT2D eigenvalue weighted by molar-refractivity contribution is 0.0951. The first-order valence-electron chi connectivity index (χ1n) is 6.84. The number of carbonyl (C=O) groups is 1. The predicted molar refractivity (Wildman–Crippen MR) is 79.8 cm³/mol. The number of hydrogen-bond acceptors (Lipinski definition) is 3. The number of furan rings is 1. The van der Waals surface area contributed by atoms with Crippen molar-refractivity contribution >= 4 is 11.6 Å². The summed E-state index contributed by atoms with van der Waals surface area (Å²) in [5.74, 6) is -0.0755. The van der Waals surface area contributed by atoms with Crippen molar-refractivity contribution < 1.29 is 9.21 Å². The Morgan fingerprint density at radius 2 is 2.15 bits per heavy atom. The van der Waals surface area contributed by atoms with Crippen LogP contribution in [0.4, 0.5) is 5.69 Å². The van der Waals surface area contributed by atoms with Gasteiger partial charge in [0, 0.05) is 24.3 Å². The lowest BCUT2D eigenvalue weighted by Crippen LogP contribution is -2.24. The van der Waals surface area contributed by atoms with E-state index in [1.807, 2.05) is 31.2 Å². The van der Waals surface area contributed by atoms with Gasteiger partial charge in [-0.3, -0.25) is 4.79 Å². The van der Waals surface area contributed by atoms with Gasteiger partial charge in [0.2, 0.25) is 0 Å². The fourth-order valence-electron chi connectivity index (χ4n) is 1.93. The van der Waals surface area contributed by atoms with Gasteiger partial charge in [-0.25, -0.2) is 0 Å². The first kappa shape index (κ1) is 14.2. The van der Waals surface area contributed by atoms with Gasteiger partial charge in [0.25, 0.3) is 5.91 Å². The molecule has 0 bridgehead atoms. The molecule has 106 valence electrons. The lowest BCUT2D eigenvalue weighted by Gasteiger charge is -2.12. The van der Waals surface area contributed by atoms with Gasteiger partial charge in [0.05, 0.1) is 18.1 Å². The Bertz CT molecular complexity index is 562. The van der Waals surface area contributed by atoms with Crippen LogP contribution in [0.15, 0.2) is 41.2 Å². The number of rotatable bonds is 6. The number of amides is 1. The molecule has 0 atom stereocenters. The van der Waals surface area contributed by atoms with Gasteiger partial charge < -0.3 is 15.1 Å². The smallest absolute Gasteiger partial charge is 0.253 e. The zero-order chi connectivity index (χ0) is 14.4. The molecule has 4 nitrogen and oxygen atoms in total. The monoisotopic (exact) mass is 272 g/mol. The molecule has 4 heteroatoms. The van der Waals surface area contributed by atoms with E-state index in [0.717, 1.165) is 29.8 Å². The molecule has 0 saturated carbocycles. The molecule has 1 aromatic carbocycles. The predicted octanol–water partition coefficient (Wildman–Crippen LogP) is 3.34. The minimum atomic E-state index is -0.0755. The van der Waals surface area contributed by atoms with E-state index in [9.17, 15) is 4.79 Å². The van der Waals surface area contributed by atoms with Crippen LogP contribution in [-0.2, 0) is 6.54 Å². The van der Waals surface area contributed by atoms with Crippen molar-refractivity contribution in [2.24, 2.45) is 0 Å². The van der Waals surface area contributed by atoms with Gasteiger partial charge in [0.15, 0.2) is 0 Å². The second-order valence-electron chi connectivity index (χ2n) is 4.79. The third kappa shape index (κ3) is 3.63. The van der Waals surface area contributed by atoms with Crippen LogP contribution in [0.3, 0.4) is 0 Å². The maximum absolute atomic E-state index is 12.3. The maximum atomic E-state index is 12.3. The molecule has 0 fully saturated rings. The van der Waals surface area contributed by atoms with Gasteiger partial charge in [0.1, 0.15) is 0 Å². The lowest BCUT2D eigenvalue weighted by atomic mass is 10.1. The molecule has 0 aliphatic rings. The molecular formula is C16H20N2O2. The summed E-state index contributed by atoms with van der Waals surface area (Å²) in [6, 6.07) is 7.71. The number of hydrogen-bond donors (Lipinski definition) is 2. The van der Waals surface area contributed by atoms with E-state index in [0.29, 0.717) is 12.1 Å². The second kappa shape index (κ2) is 6.80. The van der Waals surface area contributed by atoms with Crippen LogP contribution in [0.1, 0.15) is 34.8 Å². The normalized spacial score (nSPS) is 10.3. The fraction of sp³-hybridized carbons (Fsp3) is 0.312. The highest BCUT2D eigenvalue weighted by Gasteiger charge is 2.11. The molecule has 1 aromatic heterocycles. The van der Waals surface area contributed by atoms with Crippen LogP contribution in [0.25, 0.3) is 0 Å². The Labute approximate surface area is 119 Å². The van der Waals surface area contributed by atoms with Crippen LogP contribution in [0.2, 0.25) is 0 Å². The third-order valence-corrected chi connectivity index (χ3v) is 3.02. The van der Waals surface area contributed by atoms with E-state index in [1.165, 1.54) is 0 Å². The third-order valence-electron chi connectivity index (χ3n) is 3.02. The molecular weight excluding hydrogens is 252 g/mol. The largest absolute Gasteiger partial charge is 0.472 e. The highest BCUT2D eigenvalue weighted by atomic mass is 16.3. The summed E-state index contributed by atoms with van der Waals surface area (Å²) in [5.41, 5.74) is 3.58. The molecule has 2 rings (SSSR count). The minimum absolute atomic E-state index is 0.0755. The Hall–Kier alpha value is -2.23. The Morgan fingerprint density at radius 3 is 2.85 bits per heavy atom. The summed E-state index contributed by atoms with van der Waals surface area (Å²) in [5, 5.41) is 6.19. The number of nitrogens with one attached hydrogen (secondary N) is 2. The number of aryl methyl sites for hydroxylation is 1. The van der Waals surface area contributed by atoms with Gasteiger partial charge in [-0.05, 0) is 31.5 Å². The van der Waals surface area contributed by atoms with Crippen molar-refractivity contribution in [3.8, 4) is 0 Å². The molecule has 0 aliphatic heterocycles. The van der Waals surface area contributed by atoms with Gasteiger partial charge in [-0.2, -0.15) is 0 Å². The van der Waals surface area contributed by atoms with Crippen LogP contribution in [0.5, 0.6) is 0 Å². The summed E-state index contributed by atoms with van der Waals surface area (Å²) in [4.78, 5) is 12.3. The highest BCUT2D eigenvalue weighted by molar-refractivity contribution is 5.99. The Morgan fingerprint density at radius 1 is 1.30 bits per heavy atom. The second-order valence-corrected chi connectivity index (χ2v) is 4.79. The minimum Gasteiger partial charge on any atom is -0.472 e. The van der Waals surface area contributed by atoms with Crippen molar-refractivity contribution in [1.29, 1.82) is 0 Å². The number of carbonyl (C=O) groups excluding carboxylic acids is 1. The van der Waals surface area contributed by atoms with Crippen molar-refractivity contribution in [1.82, 2.24) is 5.32 Å². The van der Waals surface area contributed by atoms with E-state index in [2.05, 4.69) is 17.6 Å². The average molecular weight is 272 g/mol. The van der Waals surface area contributed by atoms with Crippen LogP contribution in [-0.4, -0.2) is 12.5 Å². The first-order chi connectivity index (χ1) is 9.70. The number of benzene rings is 1. The first-order valence-corrected chi connectivity index (χ1v) is 6.84. The molecule has 0 aliphatic carbocycles. The van der Waals surface area contributed by atoms with Crippen molar-refractivity contribution in [3.63, 3.8) is 0 Å². The van der Waals surface area contributed by atoms with E-state index in [-0.39, 0.29) is 5.91 Å². The van der Waals surface area contributed by atoms with Crippen molar-refractivity contribution in [3.05, 3.63) is 53.5 Å². The maximum Gasteiger partial charge on any atom is 0.253 e. The van der Waals surface area contributed by atoms with Crippen LogP contribution in [0, 0.1) is 6.92 Å². The van der Waals surface area contributed by atoms with E-state index >= 15 is 0 Å². The molecule has 20 heavy (non-hydrogen) atoms. The summed E-state index contributed by atoms with van der Waals surface area (Å²) < 4.78 is 4.98. The topological polar surface area (TPSA) is 54.3 Å². The summed E-state index contributed by atoms with van der Waals surface area (Å²) in [6.07, 6.45) is 4.25. The average Bonchev–Trinajstić information content (AvgIpc) is 2.96. The van der Waals surface area contributed by atoms with Crippen molar-refractivity contribution in [2.45, 2.75) is 26.8 Å². The standard InChI is InChI=1S/C16H20N2O2/c1-3-7-17-15-5-4-12(2)9-14(15)16(19)18-10-13-6-8-20-11-13/h4-6,8-9,11,17H,3,7,10H2,1-2H3,(H,18,19). The molecule has 0 spiro atoms. The molecule has 1 heterocycles. The molecule has 0 radical (unpaired) electrons. The van der Waals surface area contributed by atoms with Gasteiger partial charge >= 0.3 is 0 Å². The Balaban J connectivity index is 2.08. The zero-order valence-electron chi connectivity index (χ0n) is 11.9. The zero-order valence-corrected chi connectivity index (χ0v) is 11.9. The molecule has 1 amide bonds. The van der Waals surface area contributed by atoms with Gasteiger partial charge in [-0.1, -0.05) is 18.6 Å². The summed E-state index contributed by atoms with van der Waals surface area (Å²) >= 11 is 0. The SMILES string of the molecule is CCCNc1ccc(C)cc1C(=O)NCc1ccoc1. The van der Waals surface area contributed by atoms with Crippen molar-refractivity contribution in [2.75, 3.05) is 11.9 Å². The summed E-state index contributed by atoms with van der Waals surface area (Å²) in [6.45, 7) is 5.40. The van der Waals surface area contributed by atoms with E-state index in [4.69, 9.17) is 4.42 Å². The van der Waals surface area contributed by atoms with E-state index in [1.54, 1.807) is 12.5 Å². The fourth-order valence-corrected chi connectivity index (χ4v) is 1.93. The van der Waals surface area contributed by atoms with Gasteiger partial charge in [-0.15, -0.1) is 0 Å². The van der Waals surface area contributed by atoms with Crippen LogP contribution >= 0.6 is 0 Å². The van der Waals surface area contributed by atoms with Crippen LogP contribution < -0.4 is 10.6 Å². The molecule has 0 saturated heterocycles. The molecule has 2 N–H and O–H groups in total. The molecule has 2 aromatic rings. The molecule has 0 unspecified atom stereocenters. The summed E-state index contributed by atoms with van der Waals surface area (Å²) in [7, 11) is 0.